The van der Waals surface area contributed by atoms with Crippen LogP contribution in [-0.2, 0) is 0 Å². The Morgan fingerprint density at radius 2 is 2.08 bits per heavy atom. The van der Waals surface area contributed by atoms with Crippen molar-refractivity contribution >= 4 is 7.85 Å². The zero-order valence-electron chi connectivity index (χ0n) is 8.25. The van der Waals surface area contributed by atoms with Gasteiger partial charge in [0.15, 0.2) is 13.7 Å². The fourth-order valence-electron chi connectivity index (χ4n) is 1.56. The molecule has 3 nitrogen and oxygen atoms in total. The van der Waals surface area contributed by atoms with Crippen molar-refractivity contribution in [1.82, 2.24) is 4.90 Å². The fourth-order valence-corrected chi connectivity index (χ4v) is 1.56. The normalized spacial score (nSPS) is 24.8. The molecule has 0 saturated carbocycles. The molecule has 1 fully saturated rings. The quantitative estimate of drug-likeness (QED) is 0.341. The summed E-state index contributed by atoms with van der Waals surface area (Å²) in [5.41, 5.74) is 1.03. The van der Waals surface area contributed by atoms with Crippen molar-refractivity contribution in [1.29, 1.82) is 0 Å². The van der Waals surface area contributed by atoms with Gasteiger partial charge >= 0.3 is 0 Å². The lowest BCUT2D eigenvalue weighted by Crippen LogP contribution is -2.55. The Balaban J connectivity index is 2.72. The minimum absolute atomic E-state index is 0.103. The maximum absolute atomic E-state index is 9.19. The topological polar surface area (TPSA) is 43.7 Å². The minimum atomic E-state index is -2.20. The first-order valence-electron chi connectivity index (χ1n) is 4.40. The van der Waals surface area contributed by atoms with E-state index < -0.39 is 5.81 Å². The first kappa shape index (κ1) is 10.8. The van der Waals surface area contributed by atoms with Gasteiger partial charge in [0.25, 0.3) is 0 Å². The third kappa shape index (κ3) is 2.33. The summed E-state index contributed by atoms with van der Waals surface area (Å²) in [5.74, 6) is -2.20. The third-order valence-electron chi connectivity index (χ3n) is 2.69. The predicted molar refractivity (Wildman–Crippen MR) is 52.0 cm³/mol. The number of nitrogens with zero attached hydrogens (tertiary/aromatic N) is 1. The highest BCUT2D eigenvalue weighted by atomic mass is 16.5. The van der Waals surface area contributed by atoms with Gasteiger partial charge in [-0.2, -0.15) is 0 Å². The van der Waals surface area contributed by atoms with E-state index in [0.717, 1.165) is 12.0 Å². The summed E-state index contributed by atoms with van der Waals surface area (Å²) in [6, 6.07) is 0. The zero-order chi connectivity index (χ0) is 10.3. The summed E-state index contributed by atoms with van der Waals surface area (Å²) < 4.78 is 0. The number of piperidine rings is 1. The van der Waals surface area contributed by atoms with Crippen molar-refractivity contribution < 1.29 is 10.2 Å². The molecule has 0 amide bonds. The summed E-state index contributed by atoms with van der Waals surface area (Å²) in [6.07, 6.45) is 0.757. The summed E-state index contributed by atoms with van der Waals surface area (Å²) >= 11 is 0. The van der Waals surface area contributed by atoms with Gasteiger partial charge in [0.1, 0.15) is 0 Å². The monoisotopic (exact) mass is 181 g/mol. The summed E-state index contributed by atoms with van der Waals surface area (Å²) in [5, 5.41) is 18.4. The van der Waals surface area contributed by atoms with Crippen LogP contribution in [0.25, 0.3) is 0 Å². The lowest BCUT2D eigenvalue weighted by atomic mass is 9.79. The van der Waals surface area contributed by atoms with Crippen molar-refractivity contribution in [3.63, 3.8) is 0 Å². The molecule has 0 bridgehead atoms. The summed E-state index contributed by atoms with van der Waals surface area (Å²) in [7, 11) is 5.18. The highest BCUT2D eigenvalue weighted by Gasteiger charge is 2.36. The first-order chi connectivity index (χ1) is 5.73. The molecule has 0 unspecified atom stereocenters. The average molecular weight is 181 g/mol. The number of likely N-dealkylation sites (tertiary alicyclic amines) is 1. The molecule has 0 spiro atoms. The number of hydrogen-bond donors (Lipinski definition) is 2. The highest BCUT2D eigenvalue weighted by Crippen LogP contribution is 2.34. The van der Waals surface area contributed by atoms with Gasteiger partial charge in [-0.1, -0.05) is 26.0 Å². The molecular weight excluding hydrogens is 165 g/mol. The van der Waals surface area contributed by atoms with Gasteiger partial charge in [-0.15, -0.1) is 0 Å². The van der Waals surface area contributed by atoms with E-state index in [4.69, 9.17) is 7.85 Å². The standard InChI is InChI=1S/C9H16BNO2/c1-7-4-5-11(9(10,12)13)6-8(7,2)3/h12-13H,1,4-6H2,2-3H3. The van der Waals surface area contributed by atoms with Crippen LogP contribution in [0.3, 0.4) is 0 Å². The molecule has 1 saturated heterocycles. The van der Waals surface area contributed by atoms with Crippen LogP contribution in [0.2, 0.25) is 0 Å². The fraction of sp³-hybridized carbons (Fsp3) is 0.778. The Morgan fingerprint density at radius 3 is 2.46 bits per heavy atom. The van der Waals surface area contributed by atoms with Gasteiger partial charge in [-0.05, 0) is 11.8 Å². The van der Waals surface area contributed by atoms with Crippen LogP contribution in [0.1, 0.15) is 20.3 Å². The number of aliphatic hydroxyl groups is 2. The van der Waals surface area contributed by atoms with Gasteiger partial charge in [0.05, 0.1) is 0 Å². The van der Waals surface area contributed by atoms with Gasteiger partial charge in [-0.3, -0.25) is 4.90 Å². The Bertz CT molecular complexity index is 220. The molecule has 0 aromatic carbocycles. The van der Waals surface area contributed by atoms with Crippen molar-refractivity contribution in [2.45, 2.75) is 26.1 Å². The van der Waals surface area contributed by atoms with E-state index in [1.54, 1.807) is 0 Å². The predicted octanol–water partition coefficient (Wildman–Crippen LogP) is 0.0389. The number of hydrogen-bond acceptors (Lipinski definition) is 3. The van der Waals surface area contributed by atoms with E-state index in [-0.39, 0.29) is 5.41 Å². The van der Waals surface area contributed by atoms with Crippen molar-refractivity contribution in [3.05, 3.63) is 12.2 Å². The van der Waals surface area contributed by atoms with E-state index in [9.17, 15) is 10.2 Å². The Morgan fingerprint density at radius 1 is 1.54 bits per heavy atom. The lowest BCUT2D eigenvalue weighted by Gasteiger charge is -2.44. The molecule has 13 heavy (non-hydrogen) atoms. The SMILES string of the molecule is [B]C(O)(O)N1CCC(=C)C(C)(C)C1. The lowest BCUT2D eigenvalue weighted by molar-refractivity contribution is -0.207. The molecule has 0 atom stereocenters. The van der Waals surface area contributed by atoms with Crippen LogP contribution in [-0.4, -0.2) is 41.9 Å². The summed E-state index contributed by atoms with van der Waals surface area (Å²) in [4.78, 5) is 1.45. The van der Waals surface area contributed by atoms with Gasteiger partial charge in [-0.25, -0.2) is 0 Å². The van der Waals surface area contributed by atoms with Crippen molar-refractivity contribution in [2.75, 3.05) is 13.1 Å². The highest BCUT2D eigenvalue weighted by molar-refractivity contribution is 6.12. The average Bonchev–Trinajstić information content (AvgIpc) is 1.92. The molecular formula is C9H16BNO2. The molecule has 72 valence electrons. The van der Waals surface area contributed by atoms with Crippen LogP contribution in [0.5, 0.6) is 0 Å². The maximum atomic E-state index is 9.19. The van der Waals surface area contributed by atoms with Crippen LogP contribution < -0.4 is 0 Å². The molecule has 2 N–H and O–H groups in total. The second kappa shape index (κ2) is 3.12. The second-order valence-corrected chi connectivity index (χ2v) is 4.35. The van der Waals surface area contributed by atoms with E-state index in [2.05, 4.69) is 6.58 Å². The van der Waals surface area contributed by atoms with Crippen LogP contribution in [0.15, 0.2) is 12.2 Å². The molecule has 2 radical (unpaired) electrons. The van der Waals surface area contributed by atoms with Crippen LogP contribution in [0, 0.1) is 5.41 Å². The molecule has 0 aromatic heterocycles. The van der Waals surface area contributed by atoms with Gasteiger partial charge in [0, 0.05) is 13.1 Å². The first-order valence-corrected chi connectivity index (χ1v) is 4.40. The Kier molecular flexibility index (Phi) is 2.58. The Hall–Kier alpha value is -0.315. The smallest absolute Gasteiger partial charge is 0.178 e. The maximum Gasteiger partial charge on any atom is 0.178 e. The van der Waals surface area contributed by atoms with Crippen molar-refractivity contribution in [2.24, 2.45) is 5.41 Å². The molecule has 1 aliphatic rings. The van der Waals surface area contributed by atoms with Crippen molar-refractivity contribution in [3.8, 4) is 0 Å². The largest absolute Gasteiger partial charge is 0.362 e. The van der Waals surface area contributed by atoms with E-state index in [0.29, 0.717) is 13.1 Å². The van der Waals surface area contributed by atoms with E-state index >= 15 is 0 Å². The molecule has 0 aromatic rings. The van der Waals surface area contributed by atoms with Gasteiger partial charge in [0.2, 0.25) is 0 Å². The Labute approximate surface area is 80.5 Å². The number of rotatable bonds is 1. The minimum Gasteiger partial charge on any atom is -0.362 e. The van der Waals surface area contributed by atoms with Gasteiger partial charge < -0.3 is 10.2 Å². The molecule has 0 aliphatic carbocycles. The van der Waals surface area contributed by atoms with Crippen LogP contribution in [0.4, 0.5) is 0 Å². The molecule has 4 heteroatoms. The molecule has 1 rings (SSSR count). The third-order valence-corrected chi connectivity index (χ3v) is 2.69. The molecule has 1 heterocycles. The van der Waals surface area contributed by atoms with E-state index in [1.807, 2.05) is 13.8 Å². The van der Waals surface area contributed by atoms with E-state index in [1.165, 1.54) is 4.90 Å². The second-order valence-electron chi connectivity index (χ2n) is 4.35. The summed E-state index contributed by atoms with van der Waals surface area (Å²) in [6.45, 7) is 9.07. The molecule has 1 aliphatic heterocycles. The zero-order valence-corrected chi connectivity index (χ0v) is 8.25. The van der Waals surface area contributed by atoms with Crippen LogP contribution >= 0.6 is 0 Å².